The van der Waals surface area contributed by atoms with Crippen LogP contribution in [0, 0.1) is 11.7 Å². The fourth-order valence-electron chi connectivity index (χ4n) is 3.63. The molecule has 0 saturated heterocycles. The van der Waals surface area contributed by atoms with E-state index in [9.17, 15) is 14.0 Å². The molecule has 1 atom stereocenters. The van der Waals surface area contributed by atoms with Crippen molar-refractivity contribution in [2.75, 3.05) is 20.6 Å². The van der Waals surface area contributed by atoms with E-state index in [0.29, 0.717) is 30.9 Å². The second-order valence-corrected chi connectivity index (χ2v) is 8.43. The van der Waals surface area contributed by atoms with E-state index in [1.165, 1.54) is 12.1 Å². The molecule has 30 heavy (non-hydrogen) atoms. The highest BCUT2D eigenvalue weighted by molar-refractivity contribution is 6.30. The number of hydrogen-bond donors (Lipinski definition) is 2. The molecule has 1 aromatic carbocycles. The van der Waals surface area contributed by atoms with E-state index in [4.69, 9.17) is 11.6 Å². The van der Waals surface area contributed by atoms with E-state index in [1.807, 2.05) is 25.5 Å². The first kappa shape index (κ1) is 22.2. The van der Waals surface area contributed by atoms with Gasteiger partial charge in [-0.3, -0.25) is 14.5 Å². The van der Waals surface area contributed by atoms with E-state index in [0.717, 1.165) is 12.2 Å². The first-order chi connectivity index (χ1) is 14.2. The molecular weight excluding hydrogens is 409 g/mol. The highest BCUT2D eigenvalue weighted by Gasteiger charge is 2.29. The van der Waals surface area contributed by atoms with Crippen molar-refractivity contribution in [2.24, 2.45) is 5.92 Å². The average Bonchev–Trinajstić information content (AvgIpc) is 3.07. The van der Waals surface area contributed by atoms with Crippen molar-refractivity contribution in [1.29, 1.82) is 0 Å². The van der Waals surface area contributed by atoms with Gasteiger partial charge >= 0.3 is 0 Å². The molecule has 0 spiro atoms. The number of benzene rings is 1. The zero-order valence-electron chi connectivity index (χ0n) is 17.6. The largest absolute Gasteiger partial charge is 0.357 e. The number of halogens is 2. The minimum Gasteiger partial charge on any atom is -0.357 e. The number of hydrogen-bond acceptors (Lipinski definition) is 4. The molecule has 3 rings (SSSR count). The molecule has 2 aromatic rings. The summed E-state index contributed by atoms with van der Waals surface area (Å²) >= 11 is 5.82. The Morgan fingerprint density at radius 2 is 2.03 bits per heavy atom. The Kier molecular flexibility index (Phi) is 6.77. The molecule has 2 N–H and O–H groups in total. The molecule has 1 aromatic heterocycles. The maximum atomic E-state index is 14.0. The minimum absolute atomic E-state index is 0.0315. The number of carbonyl (C=O) groups excluding carboxylic acids is 2. The molecule has 7 nitrogen and oxygen atoms in total. The average molecular weight is 436 g/mol. The zero-order valence-corrected chi connectivity index (χ0v) is 18.4. The quantitative estimate of drug-likeness (QED) is 0.731. The van der Waals surface area contributed by atoms with Crippen molar-refractivity contribution in [3.63, 3.8) is 0 Å². The number of rotatable bonds is 6. The molecule has 1 aliphatic heterocycles. The van der Waals surface area contributed by atoms with Crippen molar-refractivity contribution in [3.8, 4) is 11.4 Å². The van der Waals surface area contributed by atoms with Gasteiger partial charge in [-0.25, -0.2) is 9.37 Å². The molecule has 0 radical (unpaired) electrons. The molecular formula is C21H27ClFN5O2. The summed E-state index contributed by atoms with van der Waals surface area (Å²) in [6.45, 7) is 5.91. The number of likely N-dealkylation sites (N-methyl/N-ethyl adjacent to an activating group) is 2. The number of amides is 2. The van der Waals surface area contributed by atoms with Crippen molar-refractivity contribution in [2.45, 2.75) is 39.4 Å². The fourth-order valence-corrected chi connectivity index (χ4v) is 3.75. The van der Waals surface area contributed by atoms with Gasteiger partial charge in [-0.2, -0.15) is 0 Å². The van der Waals surface area contributed by atoms with Crippen LogP contribution in [-0.4, -0.2) is 52.9 Å². The summed E-state index contributed by atoms with van der Waals surface area (Å²) in [4.78, 5) is 32.0. The predicted octanol–water partition coefficient (Wildman–Crippen LogP) is 2.68. The molecule has 1 unspecified atom stereocenters. The third-order valence-corrected chi connectivity index (χ3v) is 5.47. The molecule has 0 aliphatic carbocycles. The van der Waals surface area contributed by atoms with Crippen LogP contribution in [0.15, 0.2) is 18.2 Å². The Bertz CT molecular complexity index is 959. The first-order valence-corrected chi connectivity index (χ1v) is 10.3. The van der Waals surface area contributed by atoms with Gasteiger partial charge in [-0.15, -0.1) is 0 Å². The third kappa shape index (κ3) is 4.65. The summed E-state index contributed by atoms with van der Waals surface area (Å²) in [7, 11) is 3.51. The Morgan fingerprint density at radius 1 is 1.30 bits per heavy atom. The van der Waals surface area contributed by atoms with Gasteiger partial charge < -0.3 is 15.2 Å². The fraction of sp³-hybridized carbons (Fsp3) is 0.476. The summed E-state index contributed by atoms with van der Waals surface area (Å²) in [5, 5.41) is 5.45. The van der Waals surface area contributed by atoms with E-state index in [2.05, 4.69) is 20.5 Å². The molecule has 0 fully saturated rings. The zero-order chi connectivity index (χ0) is 22.0. The topological polar surface area (TPSA) is 79.3 Å². The lowest BCUT2D eigenvalue weighted by atomic mass is 10.0. The lowest BCUT2D eigenvalue weighted by molar-refractivity contribution is -0.122. The standard InChI is InChI=1S/C21H27ClFN5O2/c1-12(2)9-16(20(29)24-3)25-21(30)18-17-11-27(4)7-8-28(17)19(26-18)13-5-6-14(22)15(23)10-13/h5-6,10,12,16H,7-9,11H2,1-4H3,(H,24,29)(H,25,30). The second-order valence-electron chi connectivity index (χ2n) is 8.02. The van der Waals surface area contributed by atoms with Crippen LogP contribution in [0.4, 0.5) is 4.39 Å². The van der Waals surface area contributed by atoms with Gasteiger partial charge in [0.15, 0.2) is 5.69 Å². The van der Waals surface area contributed by atoms with Crippen LogP contribution in [-0.2, 0) is 17.9 Å². The Morgan fingerprint density at radius 3 is 2.67 bits per heavy atom. The molecule has 2 heterocycles. The first-order valence-electron chi connectivity index (χ1n) is 9.97. The van der Waals surface area contributed by atoms with E-state index in [1.54, 1.807) is 13.1 Å². The van der Waals surface area contributed by atoms with Crippen molar-refractivity contribution in [1.82, 2.24) is 25.1 Å². The summed E-state index contributed by atoms with van der Waals surface area (Å²) in [6.07, 6.45) is 0.511. The van der Waals surface area contributed by atoms with Crippen molar-refractivity contribution >= 4 is 23.4 Å². The third-order valence-electron chi connectivity index (χ3n) is 5.17. The number of nitrogens with zero attached hydrogens (tertiary/aromatic N) is 3. The van der Waals surface area contributed by atoms with Crippen LogP contribution in [0.25, 0.3) is 11.4 Å². The van der Waals surface area contributed by atoms with E-state index >= 15 is 0 Å². The van der Waals surface area contributed by atoms with Gasteiger partial charge in [0.2, 0.25) is 5.91 Å². The highest BCUT2D eigenvalue weighted by atomic mass is 35.5. The summed E-state index contributed by atoms with van der Waals surface area (Å²) < 4.78 is 16.0. The van der Waals surface area contributed by atoms with Crippen LogP contribution in [0.2, 0.25) is 5.02 Å². The number of carbonyl (C=O) groups is 2. The van der Waals surface area contributed by atoms with Gasteiger partial charge in [-0.05, 0) is 37.6 Å². The molecule has 162 valence electrons. The van der Waals surface area contributed by atoms with Crippen LogP contribution < -0.4 is 10.6 Å². The highest BCUT2D eigenvalue weighted by Crippen LogP contribution is 2.28. The van der Waals surface area contributed by atoms with Crippen molar-refractivity contribution < 1.29 is 14.0 Å². The van der Waals surface area contributed by atoms with E-state index in [-0.39, 0.29) is 22.5 Å². The number of fused-ring (bicyclic) bond motifs is 1. The van der Waals surface area contributed by atoms with Gasteiger partial charge in [0, 0.05) is 32.2 Å². The number of nitrogens with one attached hydrogen (secondary N) is 2. The van der Waals surface area contributed by atoms with Crippen LogP contribution in [0.1, 0.15) is 36.5 Å². The Labute approximate surface area is 180 Å². The molecule has 0 bridgehead atoms. The van der Waals surface area contributed by atoms with Crippen LogP contribution >= 0.6 is 11.6 Å². The number of aromatic nitrogens is 2. The smallest absolute Gasteiger partial charge is 0.272 e. The van der Waals surface area contributed by atoms with E-state index < -0.39 is 17.8 Å². The Balaban J connectivity index is 1.99. The van der Waals surface area contributed by atoms with Crippen LogP contribution in [0.5, 0.6) is 0 Å². The SMILES string of the molecule is CNC(=O)C(CC(C)C)NC(=O)c1nc(-c2ccc(Cl)c(F)c2)n2c1CN(C)CC2. The molecule has 1 aliphatic rings. The Hall–Kier alpha value is -2.45. The normalized spacial score (nSPS) is 15.0. The predicted molar refractivity (Wildman–Crippen MR) is 114 cm³/mol. The lowest BCUT2D eigenvalue weighted by Crippen LogP contribution is -2.46. The summed E-state index contributed by atoms with van der Waals surface area (Å²) in [5.41, 5.74) is 1.54. The van der Waals surface area contributed by atoms with Crippen molar-refractivity contribution in [3.05, 3.63) is 40.4 Å². The molecule has 9 heteroatoms. The minimum atomic E-state index is -0.655. The molecule has 2 amide bonds. The maximum absolute atomic E-state index is 14.0. The lowest BCUT2D eigenvalue weighted by Gasteiger charge is -2.26. The van der Waals surface area contributed by atoms with Gasteiger partial charge in [0.1, 0.15) is 17.7 Å². The summed E-state index contributed by atoms with van der Waals surface area (Å²) in [6, 6.07) is 3.84. The second kappa shape index (κ2) is 9.14. The van der Waals surface area contributed by atoms with Gasteiger partial charge in [0.25, 0.3) is 5.91 Å². The number of imidazole rings is 1. The van der Waals surface area contributed by atoms with Gasteiger partial charge in [-0.1, -0.05) is 25.4 Å². The monoisotopic (exact) mass is 435 g/mol. The maximum Gasteiger partial charge on any atom is 0.272 e. The molecule has 0 saturated carbocycles. The van der Waals surface area contributed by atoms with Gasteiger partial charge in [0.05, 0.1) is 10.7 Å². The summed E-state index contributed by atoms with van der Waals surface area (Å²) in [5.74, 6) is -0.463. The van der Waals surface area contributed by atoms with Crippen LogP contribution in [0.3, 0.4) is 0 Å².